The highest BCUT2D eigenvalue weighted by atomic mass is 16.5. The first-order valence-corrected chi connectivity index (χ1v) is 4.62. The minimum absolute atomic E-state index is 0.296. The van der Waals surface area contributed by atoms with E-state index in [9.17, 15) is 0 Å². The highest BCUT2D eigenvalue weighted by Gasteiger charge is 2.30. The van der Waals surface area contributed by atoms with E-state index in [4.69, 9.17) is 9.94 Å². The highest BCUT2D eigenvalue weighted by molar-refractivity contribution is 6.03. The zero-order valence-electron chi connectivity index (χ0n) is 8.32. The molecule has 0 fully saturated rings. The van der Waals surface area contributed by atoms with Crippen LogP contribution in [0.3, 0.4) is 0 Å². The number of ether oxygens (including phenoxy) is 1. The second kappa shape index (κ2) is 3.01. The molecule has 0 saturated carbocycles. The standard InChI is InChI=1S/C11H13NO2/c1-11(2)7-9(12-13)8-5-3-4-6-10(8)14-11/h3-6,13H,7H2,1-2H3/b12-9+. The van der Waals surface area contributed by atoms with Gasteiger partial charge in [0.1, 0.15) is 11.4 Å². The maximum atomic E-state index is 8.90. The Morgan fingerprint density at radius 2 is 2.07 bits per heavy atom. The van der Waals surface area contributed by atoms with Gasteiger partial charge in [0.15, 0.2) is 0 Å². The lowest BCUT2D eigenvalue weighted by Gasteiger charge is -2.32. The van der Waals surface area contributed by atoms with Gasteiger partial charge in [-0.25, -0.2) is 0 Å². The van der Waals surface area contributed by atoms with Gasteiger partial charge in [0.2, 0.25) is 0 Å². The van der Waals surface area contributed by atoms with Gasteiger partial charge in [-0.05, 0) is 26.0 Å². The summed E-state index contributed by atoms with van der Waals surface area (Å²) in [6, 6.07) is 7.61. The third kappa shape index (κ3) is 1.45. The fraction of sp³-hybridized carbons (Fsp3) is 0.364. The number of rotatable bonds is 0. The van der Waals surface area contributed by atoms with Crippen molar-refractivity contribution in [2.75, 3.05) is 0 Å². The van der Waals surface area contributed by atoms with E-state index in [0.29, 0.717) is 12.1 Å². The topological polar surface area (TPSA) is 41.8 Å². The van der Waals surface area contributed by atoms with E-state index in [1.54, 1.807) is 0 Å². The number of nitrogens with zero attached hydrogens (tertiary/aromatic N) is 1. The van der Waals surface area contributed by atoms with Crippen LogP contribution in [0.25, 0.3) is 0 Å². The normalized spacial score (nSPS) is 21.4. The van der Waals surface area contributed by atoms with Crippen molar-refractivity contribution in [3.63, 3.8) is 0 Å². The molecule has 0 saturated heterocycles. The first-order chi connectivity index (χ1) is 6.62. The van der Waals surface area contributed by atoms with E-state index < -0.39 is 0 Å². The highest BCUT2D eigenvalue weighted by Crippen LogP contribution is 2.32. The number of oxime groups is 1. The predicted molar refractivity (Wildman–Crippen MR) is 54.1 cm³/mol. The van der Waals surface area contributed by atoms with Crippen LogP contribution in [0.15, 0.2) is 29.4 Å². The van der Waals surface area contributed by atoms with Crippen LogP contribution in [0.5, 0.6) is 5.75 Å². The predicted octanol–water partition coefficient (Wildman–Crippen LogP) is 2.43. The zero-order valence-corrected chi connectivity index (χ0v) is 8.32. The van der Waals surface area contributed by atoms with Gasteiger partial charge in [-0.1, -0.05) is 17.3 Å². The van der Waals surface area contributed by atoms with Crippen LogP contribution in [-0.4, -0.2) is 16.5 Å². The smallest absolute Gasteiger partial charge is 0.129 e. The van der Waals surface area contributed by atoms with Crippen molar-refractivity contribution in [3.05, 3.63) is 29.8 Å². The molecule has 1 aromatic carbocycles. The molecule has 1 aliphatic rings. The molecule has 0 aliphatic carbocycles. The molecule has 0 atom stereocenters. The summed E-state index contributed by atoms with van der Waals surface area (Å²) in [6.45, 7) is 3.96. The van der Waals surface area contributed by atoms with Gasteiger partial charge in [0, 0.05) is 12.0 Å². The summed E-state index contributed by atoms with van der Waals surface area (Å²) >= 11 is 0. The molecule has 0 bridgehead atoms. The Kier molecular flexibility index (Phi) is 1.95. The third-order valence-corrected chi connectivity index (χ3v) is 2.30. The number of fused-ring (bicyclic) bond motifs is 1. The van der Waals surface area contributed by atoms with Crippen molar-refractivity contribution in [2.24, 2.45) is 5.16 Å². The average molecular weight is 191 g/mol. The van der Waals surface area contributed by atoms with Gasteiger partial charge in [0.05, 0.1) is 5.71 Å². The fourth-order valence-electron chi connectivity index (χ4n) is 1.72. The summed E-state index contributed by atoms with van der Waals surface area (Å²) in [6.07, 6.45) is 0.626. The fourth-order valence-corrected chi connectivity index (χ4v) is 1.72. The van der Waals surface area contributed by atoms with Crippen LogP contribution in [0.4, 0.5) is 0 Å². The Bertz CT molecular complexity index is 383. The van der Waals surface area contributed by atoms with E-state index in [1.165, 1.54) is 0 Å². The lowest BCUT2D eigenvalue weighted by atomic mass is 9.92. The van der Waals surface area contributed by atoms with Crippen LogP contribution in [0.1, 0.15) is 25.8 Å². The van der Waals surface area contributed by atoms with Gasteiger partial charge >= 0.3 is 0 Å². The monoisotopic (exact) mass is 191 g/mol. The Balaban J connectivity index is 2.52. The largest absolute Gasteiger partial charge is 0.487 e. The molecule has 0 radical (unpaired) electrons. The Hall–Kier alpha value is -1.51. The van der Waals surface area contributed by atoms with Crippen molar-refractivity contribution in [2.45, 2.75) is 25.9 Å². The Morgan fingerprint density at radius 1 is 1.36 bits per heavy atom. The van der Waals surface area contributed by atoms with Gasteiger partial charge in [-0.15, -0.1) is 0 Å². The maximum absolute atomic E-state index is 8.90. The van der Waals surface area contributed by atoms with Crippen molar-refractivity contribution in [1.29, 1.82) is 0 Å². The van der Waals surface area contributed by atoms with Gasteiger partial charge < -0.3 is 9.94 Å². The van der Waals surface area contributed by atoms with Crippen molar-refractivity contribution < 1.29 is 9.94 Å². The lowest BCUT2D eigenvalue weighted by Crippen LogP contribution is -2.36. The SMILES string of the molecule is CC1(C)C/C(=N\O)c2ccccc2O1. The lowest BCUT2D eigenvalue weighted by molar-refractivity contribution is 0.109. The van der Waals surface area contributed by atoms with Gasteiger partial charge in [-0.2, -0.15) is 0 Å². The van der Waals surface area contributed by atoms with Crippen LogP contribution in [-0.2, 0) is 0 Å². The number of hydrogen-bond donors (Lipinski definition) is 1. The second-order valence-corrected chi connectivity index (χ2v) is 4.08. The summed E-state index contributed by atoms with van der Waals surface area (Å²) in [5, 5.41) is 12.2. The van der Waals surface area contributed by atoms with Crippen LogP contribution >= 0.6 is 0 Å². The summed E-state index contributed by atoms with van der Waals surface area (Å²) in [4.78, 5) is 0. The first kappa shape index (κ1) is 9.06. The Labute approximate surface area is 83.0 Å². The van der Waals surface area contributed by atoms with Crippen LogP contribution in [0, 0.1) is 0 Å². The first-order valence-electron chi connectivity index (χ1n) is 4.62. The number of benzene rings is 1. The molecular weight excluding hydrogens is 178 g/mol. The zero-order chi connectivity index (χ0) is 10.2. The average Bonchev–Trinajstić information content (AvgIpc) is 2.15. The molecule has 3 nitrogen and oxygen atoms in total. The summed E-state index contributed by atoms with van der Waals surface area (Å²) in [5.74, 6) is 0.788. The van der Waals surface area contributed by atoms with Gasteiger partial charge in [0.25, 0.3) is 0 Å². The second-order valence-electron chi connectivity index (χ2n) is 4.08. The minimum Gasteiger partial charge on any atom is -0.487 e. The summed E-state index contributed by atoms with van der Waals surface area (Å²) in [5.41, 5.74) is 1.28. The van der Waals surface area contributed by atoms with E-state index >= 15 is 0 Å². The van der Waals surface area contributed by atoms with E-state index in [2.05, 4.69) is 5.16 Å². The summed E-state index contributed by atoms with van der Waals surface area (Å²) < 4.78 is 5.76. The molecule has 14 heavy (non-hydrogen) atoms. The third-order valence-electron chi connectivity index (χ3n) is 2.30. The summed E-state index contributed by atoms with van der Waals surface area (Å²) in [7, 11) is 0. The number of hydrogen-bond acceptors (Lipinski definition) is 3. The molecule has 74 valence electrons. The van der Waals surface area contributed by atoms with E-state index in [-0.39, 0.29) is 5.60 Å². The molecule has 1 aromatic rings. The van der Waals surface area contributed by atoms with E-state index in [0.717, 1.165) is 11.3 Å². The quantitative estimate of drug-likeness (QED) is 0.505. The van der Waals surface area contributed by atoms with E-state index in [1.807, 2.05) is 38.1 Å². The molecule has 0 unspecified atom stereocenters. The van der Waals surface area contributed by atoms with Crippen molar-refractivity contribution in [1.82, 2.24) is 0 Å². The molecule has 1 N–H and O–H groups in total. The molecular formula is C11H13NO2. The van der Waals surface area contributed by atoms with Crippen LogP contribution in [0.2, 0.25) is 0 Å². The molecule has 0 spiro atoms. The van der Waals surface area contributed by atoms with Crippen LogP contribution < -0.4 is 4.74 Å². The van der Waals surface area contributed by atoms with Crippen molar-refractivity contribution in [3.8, 4) is 5.75 Å². The Morgan fingerprint density at radius 3 is 2.79 bits per heavy atom. The maximum Gasteiger partial charge on any atom is 0.129 e. The van der Waals surface area contributed by atoms with Crippen molar-refractivity contribution >= 4 is 5.71 Å². The molecule has 1 aliphatic heterocycles. The molecule has 0 aromatic heterocycles. The molecule has 2 rings (SSSR count). The number of para-hydroxylation sites is 1. The molecule has 3 heteroatoms. The van der Waals surface area contributed by atoms with Gasteiger partial charge in [-0.3, -0.25) is 0 Å². The molecule has 1 heterocycles. The minimum atomic E-state index is -0.296. The molecule has 0 amide bonds.